The molecule has 0 spiro atoms. The normalized spacial score (nSPS) is 36.4. The van der Waals surface area contributed by atoms with Crippen molar-refractivity contribution in [2.24, 2.45) is 0 Å². The molecule has 14 heteroatoms. The van der Waals surface area contributed by atoms with Crippen molar-refractivity contribution in [3.05, 3.63) is 21.7 Å². The van der Waals surface area contributed by atoms with Gasteiger partial charge in [-0.3, -0.25) is 18.1 Å². The molecule has 1 aromatic rings. The number of nitrogens with two attached hydrogens (primary N) is 1. The standard InChI is InChI=1S/C13H17ClF2N3O7P/c1-5(2)25-27(22)23-4-13(11(15)16)8(26-27)7(20)10(24-13)19-3-6(14)9(17)18-12(19)21/h3,5,7-8,10-11,20H,4H2,1-2H3,(H2,17,18,21)/t7-,8+,10-,13-,27?/m1/s1. The number of nitrogen functional groups attached to an aromatic ring is 1. The summed E-state index contributed by atoms with van der Waals surface area (Å²) in [6.45, 7) is 2.18. The van der Waals surface area contributed by atoms with Crippen LogP contribution in [0, 0.1) is 0 Å². The molecule has 3 rings (SSSR count). The number of ether oxygens (including phenoxy) is 1. The van der Waals surface area contributed by atoms with Crippen LogP contribution in [0.15, 0.2) is 11.0 Å². The number of hydrogen-bond donors (Lipinski definition) is 2. The van der Waals surface area contributed by atoms with Crippen LogP contribution in [-0.2, 0) is 22.9 Å². The van der Waals surface area contributed by atoms with Crippen LogP contribution in [0.5, 0.6) is 0 Å². The first-order valence-corrected chi connectivity index (χ1v) is 9.62. The van der Waals surface area contributed by atoms with Gasteiger partial charge in [0.2, 0.25) is 0 Å². The highest BCUT2D eigenvalue weighted by molar-refractivity contribution is 7.48. The lowest BCUT2D eigenvalue weighted by molar-refractivity contribution is -0.208. The molecule has 0 radical (unpaired) electrons. The Bertz CT molecular complexity index is 841. The molecule has 0 bridgehead atoms. The first kappa shape index (κ1) is 20.6. The van der Waals surface area contributed by atoms with Crippen LogP contribution in [0.2, 0.25) is 5.02 Å². The minimum Gasteiger partial charge on any atom is -0.386 e. The van der Waals surface area contributed by atoms with Gasteiger partial charge in [0.25, 0.3) is 6.43 Å². The summed E-state index contributed by atoms with van der Waals surface area (Å²) in [4.78, 5) is 15.5. The lowest BCUT2D eigenvalue weighted by atomic mass is 9.96. The largest absolute Gasteiger partial charge is 0.475 e. The molecule has 3 heterocycles. The van der Waals surface area contributed by atoms with Crippen LogP contribution in [0.3, 0.4) is 0 Å². The van der Waals surface area contributed by atoms with Gasteiger partial charge in [0.1, 0.15) is 18.0 Å². The number of phosphoric acid groups is 1. The highest BCUT2D eigenvalue weighted by atomic mass is 35.5. The molecule has 10 nitrogen and oxygen atoms in total. The molecule has 2 saturated heterocycles. The number of aliphatic hydroxyl groups is 1. The van der Waals surface area contributed by atoms with Gasteiger partial charge < -0.3 is 15.6 Å². The Morgan fingerprint density at radius 2 is 2.22 bits per heavy atom. The molecule has 1 unspecified atom stereocenters. The van der Waals surface area contributed by atoms with E-state index in [1.807, 2.05) is 0 Å². The minimum absolute atomic E-state index is 0.155. The average Bonchev–Trinajstić information content (AvgIpc) is 2.84. The number of fused-ring (bicyclic) bond motifs is 1. The van der Waals surface area contributed by atoms with E-state index in [0.29, 0.717) is 4.57 Å². The third kappa shape index (κ3) is 3.51. The lowest BCUT2D eigenvalue weighted by Crippen LogP contribution is -2.56. The van der Waals surface area contributed by atoms with E-state index in [1.165, 1.54) is 13.8 Å². The van der Waals surface area contributed by atoms with Crippen molar-refractivity contribution in [2.45, 2.75) is 50.4 Å². The number of anilines is 1. The van der Waals surface area contributed by atoms with Gasteiger partial charge >= 0.3 is 13.5 Å². The predicted molar refractivity (Wildman–Crippen MR) is 87.4 cm³/mol. The third-order valence-electron chi connectivity index (χ3n) is 4.03. The highest BCUT2D eigenvalue weighted by Gasteiger charge is 2.67. The first-order chi connectivity index (χ1) is 12.5. The number of aliphatic hydroxyl groups excluding tert-OH is 1. The summed E-state index contributed by atoms with van der Waals surface area (Å²) >= 11 is 5.81. The van der Waals surface area contributed by atoms with Gasteiger partial charge in [-0.1, -0.05) is 11.6 Å². The molecule has 0 aliphatic carbocycles. The van der Waals surface area contributed by atoms with Crippen molar-refractivity contribution in [3.8, 4) is 0 Å². The van der Waals surface area contributed by atoms with E-state index in [9.17, 15) is 23.2 Å². The SMILES string of the molecule is CC(C)OP1(=O)OC[C@@]2(C(F)F)O[C@@H](n3cc(Cl)c(N)nc3=O)[C@H](O)[C@@H]2O1. The van der Waals surface area contributed by atoms with Gasteiger partial charge in [-0.25, -0.2) is 18.1 Å². The van der Waals surface area contributed by atoms with Crippen molar-refractivity contribution >= 4 is 25.2 Å². The Morgan fingerprint density at radius 3 is 2.81 bits per heavy atom. The van der Waals surface area contributed by atoms with Gasteiger partial charge in [-0.05, 0) is 13.8 Å². The number of alkyl halides is 2. The van der Waals surface area contributed by atoms with Gasteiger partial charge in [-0.15, -0.1) is 0 Å². The molecule has 5 atom stereocenters. The molecule has 1 aromatic heterocycles. The van der Waals surface area contributed by atoms with E-state index in [-0.39, 0.29) is 10.8 Å². The Labute approximate surface area is 156 Å². The summed E-state index contributed by atoms with van der Waals surface area (Å²) in [5.74, 6) is -0.277. The maximum atomic E-state index is 13.8. The summed E-state index contributed by atoms with van der Waals surface area (Å²) in [6.07, 6.45) is -8.11. The van der Waals surface area contributed by atoms with Crippen LogP contribution >= 0.6 is 19.4 Å². The zero-order chi connectivity index (χ0) is 20.1. The smallest absolute Gasteiger partial charge is 0.386 e. The Hall–Kier alpha value is -1.14. The maximum absolute atomic E-state index is 13.8. The molecule has 0 saturated carbocycles. The Kier molecular flexibility index (Phi) is 5.36. The zero-order valence-corrected chi connectivity index (χ0v) is 15.8. The molecule has 2 aliphatic heterocycles. The van der Waals surface area contributed by atoms with Gasteiger partial charge in [-0.2, -0.15) is 4.98 Å². The second-order valence-corrected chi connectivity index (χ2v) is 8.30. The Morgan fingerprint density at radius 1 is 1.56 bits per heavy atom. The van der Waals surface area contributed by atoms with Crippen LogP contribution < -0.4 is 11.4 Å². The summed E-state index contributed by atoms with van der Waals surface area (Å²) in [5.41, 5.74) is 1.94. The summed E-state index contributed by atoms with van der Waals surface area (Å²) in [6, 6.07) is 0. The average molecular weight is 432 g/mol. The monoisotopic (exact) mass is 431 g/mol. The first-order valence-electron chi connectivity index (χ1n) is 7.78. The lowest BCUT2D eigenvalue weighted by Gasteiger charge is -2.39. The molecule has 27 heavy (non-hydrogen) atoms. The fourth-order valence-electron chi connectivity index (χ4n) is 2.83. The molecular weight excluding hydrogens is 415 g/mol. The minimum atomic E-state index is -4.23. The second-order valence-electron chi connectivity index (χ2n) is 6.32. The topological polar surface area (TPSA) is 135 Å². The van der Waals surface area contributed by atoms with Crippen molar-refractivity contribution in [2.75, 3.05) is 12.3 Å². The maximum Gasteiger partial charge on any atom is 0.475 e. The van der Waals surface area contributed by atoms with E-state index in [0.717, 1.165) is 6.20 Å². The van der Waals surface area contributed by atoms with Crippen molar-refractivity contribution < 1.29 is 36.8 Å². The molecule has 2 fully saturated rings. The fourth-order valence-corrected chi connectivity index (χ4v) is 4.61. The highest BCUT2D eigenvalue weighted by Crippen LogP contribution is 2.61. The van der Waals surface area contributed by atoms with Crippen LogP contribution in [0.4, 0.5) is 14.6 Å². The van der Waals surface area contributed by atoms with Crippen molar-refractivity contribution in [1.82, 2.24) is 9.55 Å². The number of rotatable bonds is 4. The van der Waals surface area contributed by atoms with Crippen LogP contribution in [0.25, 0.3) is 0 Å². The summed E-state index contributed by atoms with van der Waals surface area (Å²) in [5, 5.41) is 10.4. The van der Waals surface area contributed by atoms with E-state index in [4.69, 9.17) is 35.6 Å². The van der Waals surface area contributed by atoms with E-state index in [1.54, 1.807) is 0 Å². The molecular formula is C13H17ClF2N3O7P. The van der Waals surface area contributed by atoms with Crippen LogP contribution in [-0.4, -0.2) is 51.6 Å². The number of phosphoric ester groups is 1. The second kappa shape index (κ2) is 7.03. The van der Waals surface area contributed by atoms with E-state index >= 15 is 0 Å². The summed E-state index contributed by atoms with van der Waals surface area (Å²) < 4.78 is 61.2. The third-order valence-corrected chi connectivity index (χ3v) is 5.93. The number of nitrogens with zero attached hydrogens (tertiary/aromatic N) is 2. The van der Waals surface area contributed by atoms with Crippen molar-refractivity contribution in [1.29, 1.82) is 0 Å². The van der Waals surface area contributed by atoms with Gasteiger partial charge in [0.15, 0.2) is 11.8 Å². The molecule has 3 N–H and O–H groups in total. The molecule has 2 aliphatic rings. The quantitative estimate of drug-likeness (QED) is 0.676. The van der Waals surface area contributed by atoms with Gasteiger partial charge in [0.05, 0.1) is 17.7 Å². The molecule has 0 aromatic carbocycles. The molecule has 152 valence electrons. The zero-order valence-electron chi connectivity index (χ0n) is 14.1. The van der Waals surface area contributed by atoms with E-state index in [2.05, 4.69) is 4.98 Å². The van der Waals surface area contributed by atoms with Gasteiger partial charge in [0, 0.05) is 6.20 Å². The predicted octanol–water partition coefficient (Wildman–Crippen LogP) is 1.32. The number of hydrogen-bond acceptors (Lipinski definition) is 9. The Balaban J connectivity index is 2.00. The fraction of sp³-hybridized carbons (Fsp3) is 0.692. The number of aromatic nitrogens is 2. The summed E-state index contributed by atoms with van der Waals surface area (Å²) in [7, 11) is -4.23. The van der Waals surface area contributed by atoms with Crippen LogP contribution in [0.1, 0.15) is 20.1 Å². The molecule has 0 amide bonds. The number of halogens is 3. The van der Waals surface area contributed by atoms with E-state index < -0.39 is 56.7 Å². The van der Waals surface area contributed by atoms with Crippen molar-refractivity contribution in [3.63, 3.8) is 0 Å².